The van der Waals surface area contributed by atoms with Crippen LogP contribution < -0.4 is 4.74 Å². The molecule has 0 aliphatic heterocycles. The van der Waals surface area contributed by atoms with Gasteiger partial charge in [0, 0.05) is 24.5 Å². The monoisotopic (exact) mass is 419 g/mol. The molecule has 5 heteroatoms. The fourth-order valence-electron chi connectivity index (χ4n) is 4.29. The van der Waals surface area contributed by atoms with Gasteiger partial charge in [0.15, 0.2) is 0 Å². The molecule has 1 aliphatic carbocycles. The number of aromatic nitrogens is 1. The van der Waals surface area contributed by atoms with Crippen LogP contribution in [0.1, 0.15) is 41.8 Å². The molecule has 1 aliphatic rings. The number of ether oxygens (including phenoxy) is 2. The lowest BCUT2D eigenvalue weighted by atomic mass is 9.89. The second-order valence-corrected chi connectivity index (χ2v) is 7.96. The molecular formula is C26H29NO4. The van der Waals surface area contributed by atoms with E-state index in [0.717, 1.165) is 41.9 Å². The van der Waals surface area contributed by atoms with Crippen LogP contribution in [0.2, 0.25) is 0 Å². The summed E-state index contributed by atoms with van der Waals surface area (Å²) >= 11 is 0. The second-order valence-electron chi connectivity index (χ2n) is 7.96. The smallest absolute Gasteiger partial charge is 0.226 e. The fourth-order valence-corrected chi connectivity index (χ4v) is 4.29. The van der Waals surface area contributed by atoms with Crippen molar-refractivity contribution in [1.82, 2.24) is 4.98 Å². The van der Waals surface area contributed by atoms with Crippen LogP contribution in [-0.2, 0) is 22.4 Å². The number of fused-ring (bicyclic) bond motifs is 1. The van der Waals surface area contributed by atoms with E-state index in [-0.39, 0.29) is 11.8 Å². The first-order valence-electron chi connectivity index (χ1n) is 11.0. The van der Waals surface area contributed by atoms with E-state index in [1.54, 1.807) is 0 Å². The third-order valence-electron chi connectivity index (χ3n) is 5.96. The van der Waals surface area contributed by atoms with E-state index >= 15 is 0 Å². The number of hydrogen-bond donors (Lipinski definition) is 0. The fraction of sp³-hybridized carbons (Fsp3) is 0.385. The number of carbonyl (C=O) groups excluding carboxylic acids is 1. The Labute approximate surface area is 183 Å². The normalized spacial score (nSPS) is 16.1. The number of aryl methyl sites for hydroxylation is 2. The van der Waals surface area contributed by atoms with Gasteiger partial charge in [-0.3, -0.25) is 0 Å². The molecule has 3 aromatic rings. The minimum absolute atomic E-state index is 0.0822. The zero-order valence-corrected chi connectivity index (χ0v) is 18.2. The first-order chi connectivity index (χ1) is 15.2. The highest BCUT2D eigenvalue weighted by Crippen LogP contribution is 2.39. The molecule has 0 bridgehead atoms. The van der Waals surface area contributed by atoms with Gasteiger partial charge in [0.25, 0.3) is 0 Å². The van der Waals surface area contributed by atoms with E-state index in [1.807, 2.05) is 50.2 Å². The van der Waals surface area contributed by atoms with Crippen LogP contribution in [0.15, 0.2) is 52.9 Å². The van der Waals surface area contributed by atoms with Crippen molar-refractivity contribution in [2.24, 2.45) is 5.92 Å². The molecule has 2 atom stereocenters. The third kappa shape index (κ3) is 4.88. The molecule has 2 aromatic carbocycles. The van der Waals surface area contributed by atoms with Crippen molar-refractivity contribution < 1.29 is 18.7 Å². The molecule has 5 nitrogen and oxygen atoms in total. The highest BCUT2D eigenvalue weighted by Gasteiger charge is 2.30. The van der Waals surface area contributed by atoms with Crippen LogP contribution in [-0.4, -0.2) is 31.1 Å². The van der Waals surface area contributed by atoms with Crippen molar-refractivity contribution in [3.63, 3.8) is 0 Å². The number of rotatable bonds is 10. The average molecular weight is 420 g/mol. The molecule has 0 amide bonds. The van der Waals surface area contributed by atoms with Crippen molar-refractivity contribution in [2.45, 2.75) is 39.0 Å². The molecule has 0 spiro atoms. The van der Waals surface area contributed by atoms with Gasteiger partial charge in [-0.15, -0.1) is 0 Å². The SMILES string of the molecule is CCOCC(C=O)C1CCc2cc(OCCc3oc(-c4ccccc4)nc3C)ccc21. The van der Waals surface area contributed by atoms with Gasteiger partial charge in [0.1, 0.15) is 17.8 Å². The first-order valence-corrected chi connectivity index (χ1v) is 11.0. The van der Waals surface area contributed by atoms with Crippen molar-refractivity contribution in [1.29, 1.82) is 0 Å². The number of benzene rings is 2. The number of aldehydes is 1. The quantitative estimate of drug-likeness (QED) is 0.425. The summed E-state index contributed by atoms with van der Waals surface area (Å²) in [5, 5.41) is 0. The molecule has 1 aromatic heterocycles. The minimum Gasteiger partial charge on any atom is -0.493 e. The summed E-state index contributed by atoms with van der Waals surface area (Å²) in [5.41, 5.74) is 4.40. The predicted octanol–water partition coefficient (Wildman–Crippen LogP) is 5.15. The largest absolute Gasteiger partial charge is 0.493 e. The number of hydrogen-bond acceptors (Lipinski definition) is 5. The Morgan fingerprint density at radius 3 is 2.84 bits per heavy atom. The maximum atomic E-state index is 11.6. The van der Waals surface area contributed by atoms with E-state index in [1.165, 1.54) is 11.1 Å². The van der Waals surface area contributed by atoms with Crippen LogP contribution in [0.5, 0.6) is 5.75 Å². The molecule has 31 heavy (non-hydrogen) atoms. The Balaban J connectivity index is 1.36. The summed E-state index contributed by atoms with van der Waals surface area (Å²) < 4.78 is 17.5. The lowest BCUT2D eigenvalue weighted by Crippen LogP contribution is -2.18. The van der Waals surface area contributed by atoms with Gasteiger partial charge in [0.2, 0.25) is 5.89 Å². The van der Waals surface area contributed by atoms with E-state index in [4.69, 9.17) is 13.9 Å². The van der Waals surface area contributed by atoms with E-state index in [9.17, 15) is 4.79 Å². The molecule has 0 N–H and O–H groups in total. The maximum absolute atomic E-state index is 11.6. The molecule has 2 unspecified atom stereocenters. The Morgan fingerprint density at radius 1 is 1.23 bits per heavy atom. The van der Waals surface area contributed by atoms with Gasteiger partial charge in [-0.1, -0.05) is 24.3 Å². The summed E-state index contributed by atoms with van der Waals surface area (Å²) in [7, 11) is 0. The van der Waals surface area contributed by atoms with Gasteiger partial charge in [-0.2, -0.15) is 0 Å². The summed E-state index contributed by atoms with van der Waals surface area (Å²) in [6, 6.07) is 16.1. The van der Waals surface area contributed by atoms with Crippen LogP contribution in [0.4, 0.5) is 0 Å². The molecule has 4 rings (SSSR count). The molecule has 1 heterocycles. The topological polar surface area (TPSA) is 61.6 Å². The number of nitrogens with zero attached hydrogens (tertiary/aromatic N) is 1. The third-order valence-corrected chi connectivity index (χ3v) is 5.96. The van der Waals surface area contributed by atoms with Crippen LogP contribution in [0.25, 0.3) is 11.5 Å². The second kappa shape index (κ2) is 9.92. The summed E-state index contributed by atoms with van der Waals surface area (Å²) in [5.74, 6) is 2.51. The minimum atomic E-state index is -0.0822. The van der Waals surface area contributed by atoms with Crippen LogP contribution in [0.3, 0.4) is 0 Å². The van der Waals surface area contributed by atoms with Gasteiger partial charge in [-0.25, -0.2) is 4.98 Å². The summed E-state index contributed by atoms with van der Waals surface area (Å²) in [6.07, 6.45) is 3.65. The molecular weight excluding hydrogens is 390 g/mol. The first kappa shape index (κ1) is 21.3. The van der Waals surface area contributed by atoms with Crippen molar-refractivity contribution in [2.75, 3.05) is 19.8 Å². The van der Waals surface area contributed by atoms with Gasteiger partial charge in [0.05, 0.1) is 18.9 Å². The zero-order chi connectivity index (χ0) is 21.6. The van der Waals surface area contributed by atoms with Crippen molar-refractivity contribution in [3.8, 4) is 17.2 Å². The highest BCUT2D eigenvalue weighted by molar-refractivity contribution is 5.58. The highest BCUT2D eigenvalue weighted by atomic mass is 16.5. The van der Waals surface area contributed by atoms with E-state index < -0.39 is 0 Å². The predicted molar refractivity (Wildman–Crippen MR) is 119 cm³/mol. The van der Waals surface area contributed by atoms with E-state index in [2.05, 4.69) is 17.1 Å². The Bertz CT molecular complexity index is 1010. The standard InChI is InChI=1S/C26H29NO4/c1-3-29-17-21(16-28)24-11-9-20-15-22(10-12-23(20)24)30-14-13-25-18(2)27-26(31-25)19-7-5-4-6-8-19/h4-8,10,12,15-16,21,24H,3,9,11,13-14,17H2,1-2H3. The Kier molecular flexibility index (Phi) is 6.82. The Hall–Kier alpha value is -2.92. The van der Waals surface area contributed by atoms with Gasteiger partial charge < -0.3 is 18.7 Å². The molecule has 0 saturated heterocycles. The van der Waals surface area contributed by atoms with E-state index in [0.29, 0.717) is 32.1 Å². The Morgan fingerprint density at radius 2 is 2.06 bits per heavy atom. The lowest BCUT2D eigenvalue weighted by molar-refractivity contribution is -0.113. The average Bonchev–Trinajstić information content (AvgIpc) is 3.38. The molecule has 0 saturated carbocycles. The number of oxazole rings is 1. The maximum Gasteiger partial charge on any atom is 0.226 e. The summed E-state index contributed by atoms with van der Waals surface area (Å²) in [6.45, 7) is 5.56. The number of carbonyl (C=O) groups is 1. The van der Waals surface area contributed by atoms with Crippen molar-refractivity contribution >= 4 is 6.29 Å². The zero-order valence-electron chi connectivity index (χ0n) is 18.2. The van der Waals surface area contributed by atoms with Gasteiger partial charge >= 0.3 is 0 Å². The van der Waals surface area contributed by atoms with Gasteiger partial charge in [-0.05, 0) is 68.0 Å². The lowest BCUT2D eigenvalue weighted by Gasteiger charge is -2.19. The van der Waals surface area contributed by atoms with Crippen LogP contribution in [0, 0.1) is 12.8 Å². The van der Waals surface area contributed by atoms with Crippen molar-refractivity contribution in [3.05, 3.63) is 71.1 Å². The molecule has 0 radical (unpaired) electrons. The molecule has 162 valence electrons. The summed E-state index contributed by atoms with van der Waals surface area (Å²) in [4.78, 5) is 16.1. The molecule has 0 fully saturated rings. The van der Waals surface area contributed by atoms with Crippen LogP contribution >= 0.6 is 0 Å².